The van der Waals surface area contributed by atoms with Crippen LogP contribution in [0.1, 0.15) is 42.6 Å². The van der Waals surface area contributed by atoms with E-state index in [-0.39, 0.29) is 37.7 Å². The Morgan fingerprint density at radius 3 is 2.59 bits per heavy atom. The molecule has 158 valence electrons. The number of β-amino-alcohol motifs (C(OH)–C–C–N with tert-alkyl or cyclic N) is 1. The summed E-state index contributed by atoms with van der Waals surface area (Å²) < 4.78 is 40.1. The largest absolute Gasteiger partial charge is 0.388 e. The fourth-order valence-electron chi connectivity index (χ4n) is 4.38. The van der Waals surface area contributed by atoms with Crippen LogP contribution in [0.5, 0.6) is 0 Å². The summed E-state index contributed by atoms with van der Waals surface area (Å²) in [6.07, 6.45) is 1.23. The summed E-state index contributed by atoms with van der Waals surface area (Å²) in [5, 5.41) is 11.7. The number of halogens is 3. The number of fused-ring (bicyclic) bond motifs is 1. The normalized spacial score (nSPS) is 25.9. The fraction of sp³-hybridized carbons (Fsp3) is 0.571. The number of carbonyl (C=O) groups is 1. The summed E-state index contributed by atoms with van der Waals surface area (Å²) in [5.41, 5.74) is 0.114. The Labute approximate surface area is 167 Å². The summed E-state index contributed by atoms with van der Waals surface area (Å²) in [4.78, 5) is 19.5. The smallest absolute Gasteiger partial charge is 0.270 e. The third kappa shape index (κ3) is 4.59. The molecule has 0 aliphatic carbocycles. The van der Waals surface area contributed by atoms with Crippen molar-refractivity contribution in [3.63, 3.8) is 0 Å². The predicted molar refractivity (Wildman–Crippen MR) is 104 cm³/mol. The van der Waals surface area contributed by atoms with Crippen LogP contribution in [0.3, 0.4) is 0 Å². The lowest BCUT2D eigenvalue weighted by Gasteiger charge is -2.37. The molecule has 1 aromatic heterocycles. The lowest BCUT2D eigenvalue weighted by molar-refractivity contribution is -0.0768. The van der Waals surface area contributed by atoms with Crippen LogP contribution in [0.25, 0.3) is 10.9 Å². The molecule has 3 heterocycles. The van der Waals surface area contributed by atoms with Gasteiger partial charge in [0.15, 0.2) is 0 Å². The average molecular weight is 409 g/mol. The minimum Gasteiger partial charge on any atom is -0.388 e. The molecular formula is C21H26F3N3O2. The van der Waals surface area contributed by atoms with Crippen molar-refractivity contribution in [2.75, 3.05) is 32.7 Å². The van der Waals surface area contributed by atoms with Crippen molar-refractivity contribution in [2.45, 2.75) is 43.6 Å². The van der Waals surface area contributed by atoms with Crippen molar-refractivity contribution in [1.29, 1.82) is 0 Å². The molecule has 1 amide bonds. The van der Waals surface area contributed by atoms with E-state index >= 15 is 0 Å². The zero-order chi connectivity index (χ0) is 20.6. The quantitative estimate of drug-likeness (QED) is 0.817. The highest BCUT2D eigenvalue weighted by molar-refractivity contribution is 5.98. The third-order valence-corrected chi connectivity index (χ3v) is 6.12. The Bertz CT molecular complexity index is 890. The van der Waals surface area contributed by atoms with Gasteiger partial charge in [0.2, 0.25) is 0 Å². The summed E-state index contributed by atoms with van der Waals surface area (Å²) in [7, 11) is 0. The lowest BCUT2D eigenvalue weighted by Crippen LogP contribution is -2.48. The number of nitrogens with zero attached hydrogens (tertiary/aromatic N) is 2. The predicted octanol–water partition coefficient (Wildman–Crippen LogP) is 3.40. The second-order valence-corrected chi connectivity index (χ2v) is 8.42. The number of aromatic amines is 1. The highest BCUT2D eigenvalue weighted by atomic mass is 19.3. The summed E-state index contributed by atoms with van der Waals surface area (Å²) >= 11 is 0. The highest BCUT2D eigenvalue weighted by Crippen LogP contribution is 2.31. The van der Waals surface area contributed by atoms with Gasteiger partial charge in [-0.05, 0) is 43.5 Å². The number of nitrogens with one attached hydrogen (secondary N) is 1. The van der Waals surface area contributed by atoms with Gasteiger partial charge in [-0.15, -0.1) is 0 Å². The fourth-order valence-corrected chi connectivity index (χ4v) is 4.38. The van der Waals surface area contributed by atoms with Crippen LogP contribution in [0.15, 0.2) is 24.3 Å². The van der Waals surface area contributed by atoms with Crippen molar-refractivity contribution in [1.82, 2.24) is 14.8 Å². The van der Waals surface area contributed by atoms with E-state index in [2.05, 4.69) is 4.98 Å². The molecule has 1 atom stereocenters. The molecule has 0 bridgehead atoms. The maximum absolute atomic E-state index is 13.4. The van der Waals surface area contributed by atoms with Crippen molar-refractivity contribution >= 4 is 16.8 Å². The number of benzene rings is 1. The zero-order valence-electron chi connectivity index (χ0n) is 16.3. The van der Waals surface area contributed by atoms with Crippen molar-refractivity contribution < 1.29 is 23.1 Å². The number of aliphatic hydroxyl groups is 1. The standard InChI is InChI=1S/C21H26F3N3O2/c22-16-2-3-17-15(12-16)13-18(25-17)19(28)27-8-1-4-20(29,5-11-27)14-26-9-6-21(23,24)7-10-26/h2-3,12-13,25,29H,1,4-11,14H2. The first-order valence-electron chi connectivity index (χ1n) is 10.1. The first-order valence-corrected chi connectivity index (χ1v) is 10.1. The molecule has 1 unspecified atom stereocenters. The van der Waals surface area contributed by atoms with Crippen LogP contribution in [0.4, 0.5) is 13.2 Å². The van der Waals surface area contributed by atoms with Crippen LogP contribution in [-0.2, 0) is 0 Å². The van der Waals surface area contributed by atoms with E-state index in [1.807, 2.05) is 4.90 Å². The van der Waals surface area contributed by atoms with E-state index in [0.717, 1.165) is 0 Å². The van der Waals surface area contributed by atoms with Crippen molar-refractivity contribution in [3.8, 4) is 0 Å². The number of likely N-dealkylation sites (tertiary alicyclic amines) is 2. The van der Waals surface area contributed by atoms with E-state index in [4.69, 9.17) is 0 Å². The molecule has 1 aromatic carbocycles. The van der Waals surface area contributed by atoms with Crippen LogP contribution in [0.2, 0.25) is 0 Å². The minimum atomic E-state index is -2.60. The Morgan fingerprint density at radius 2 is 1.83 bits per heavy atom. The molecule has 2 aromatic rings. The Morgan fingerprint density at radius 1 is 1.07 bits per heavy atom. The van der Waals surface area contributed by atoms with Crippen molar-refractivity contribution in [2.24, 2.45) is 0 Å². The molecule has 8 heteroatoms. The number of piperidine rings is 1. The number of aromatic nitrogens is 1. The molecule has 29 heavy (non-hydrogen) atoms. The van der Waals surface area contributed by atoms with Gasteiger partial charge >= 0.3 is 0 Å². The molecule has 0 radical (unpaired) electrons. The monoisotopic (exact) mass is 409 g/mol. The van der Waals surface area contributed by atoms with E-state index in [0.29, 0.717) is 55.5 Å². The molecule has 4 rings (SSSR count). The first kappa shape index (κ1) is 20.2. The summed E-state index contributed by atoms with van der Waals surface area (Å²) in [5.74, 6) is -3.14. The highest BCUT2D eigenvalue weighted by Gasteiger charge is 2.38. The maximum Gasteiger partial charge on any atom is 0.270 e. The Kier molecular flexibility index (Phi) is 5.33. The van der Waals surface area contributed by atoms with Crippen LogP contribution < -0.4 is 0 Å². The van der Waals surface area contributed by atoms with Gasteiger partial charge in [0.05, 0.1) is 5.60 Å². The molecule has 2 fully saturated rings. The van der Waals surface area contributed by atoms with Gasteiger partial charge in [-0.25, -0.2) is 13.2 Å². The first-order chi connectivity index (χ1) is 13.7. The van der Waals surface area contributed by atoms with Crippen LogP contribution in [0, 0.1) is 5.82 Å². The van der Waals surface area contributed by atoms with Gasteiger partial charge in [-0.2, -0.15) is 0 Å². The van der Waals surface area contributed by atoms with E-state index in [1.54, 1.807) is 17.0 Å². The molecule has 0 spiro atoms. The number of alkyl halides is 2. The van der Waals surface area contributed by atoms with E-state index in [9.17, 15) is 23.1 Å². The summed E-state index contributed by atoms with van der Waals surface area (Å²) in [6.45, 7) is 1.83. The van der Waals surface area contributed by atoms with Gasteiger partial charge in [0.1, 0.15) is 11.5 Å². The third-order valence-electron chi connectivity index (χ3n) is 6.12. The van der Waals surface area contributed by atoms with E-state index in [1.165, 1.54) is 12.1 Å². The number of hydrogen-bond acceptors (Lipinski definition) is 3. The van der Waals surface area contributed by atoms with Crippen LogP contribution >= 0.6 is 0 Å². The Balaban J connectivity index is 1.39. The van der Waals surface area contributed by atoms with Gasteiger partial charge in [-0.3, -0.25) is 4.79 Å². The number of amides is 1. The van der Waals surface area contributed by atoms with Gasteiger partial charge in [-0.1, -0.05) is 0 Å². The molecule has 2 N–H and O–H groups in total. The molecule has 2 saturated heterocycles. The number of rotatable bonds is 3. The second-order valence-electron chi connectivity index (χ2n) is 8.42. The van der Waals surface area contributed by atoms with Gasteiger partial charge < -0.3 is 19.9 Å². The SMILES string of the molecule is O=C(c1cc2cc(F)ccc2[nH]1)N1CCCC(O)(CN2CCC(F)(F)CC2)CC1. The second kappa shape index (κ2) is 7.65. The van der Waals surface area contributed by atoms with Gasteiger partial charge in [0, 0.05) is 56.5 Å². The molecular weight excluding hydrogens is 383 g/mol. The van der Waals surface area contributed by atoms with Crippen molar-refractivity contribution in [3.05, 3.63) is 35.8 Å². The molecule has 2 aliphatic heterocycles. The number of hydrogen-bond donors (Lipinski definition) is 2. The zero-order valence-corrected chi connectivity index (χ0v) is 16.3. The number of carbonyl (C=O) groups excluding carboxylic acids is 1. The molecule has 2 aliphatic rings. The van der Waals surface area contributed by atoms with E-state index < -0.39 is 11.5 Å². The molecule has 5 nitrogen and oxygen atoms in total. The lowest BCUT2D eigenvalue weighted by atomic mass is 9.93. The minimum absolute atomic E-state index is 0.172. The maximum atomic E-state index is 13.4. The number of H-pyrrole nitrogens is 1. The molecule has 0 saturated carbocycles. The Hall–Kier alpha value is -2.06. The summed E-state index contributed by atoms with van der Waals surface area (Å²) in [6, 6.07) is 5.97. The topological polar surface area (TPSA) is 59.6 Å². The van der Waals surface area contributed by atoms with Crippen LogP contribution in [-0.4, -0.2) is 70.0 Å². The average Bonchev–Trinajstić information content (AvgIpc) is 2.99. The van der Waals surface area contributed by atoms with Gasteiger partial charge in [0.25, 0.3) is 11.8 Å².